The van der Waals surface area contributed by atoms with Crippen LogP contribution in [-0.2, 0) is 9.59 Å². The SMILES string of the molecule is CCC(C)(C)C1CCC2(CC1)NC(=O)N(CC(=O)NCC(c1cccs1)N(C)C)C2=O. The number of likely N-dealkylation sites (N-methyl/N-ethyl adjacent to an activating group) is 1. The fourth-order valence-corrected chi connectivity index (χ4v) is 5.69. The maximum atomic E-state index is 13.1. The standard InChI is InChI=1S/C23H36N4O3S/c1-6-22(2,3)16-9-11-23(12-10-16)20(29)27(21(30)25-23)15-19(28)24-14-17(26(4)5)18-8-7-13-31-18/h7-8,13,16-17H,6,9-12,14-15H2,1-5H3,(H,24,28)(H,25,30). The van der Waals surface area contributed by atoms with E-state index in [1.165, 1.54) is 0 Å². The average molecular weight is 449 g/mol. The van der Waals surface area contributed by atoms with Gasteiger partial charge < -0.3 is 15.5 Å². The lowest BCUT2D eigenvalue weighted by atomic mass is 9.65. The lowest BCUT2D eigenvalue weighted by Gasteiger charge is -2.42. The van der Waals surface area contributed by atoms with Crippen molar-refractivity contribution in [3.8, 4) is 0 Å². The van der Waals surface area contributed by atoms with Crippen LogP contribution in [0.1, 0.15) is 63.8 Å². The number of nitrogens with one attached hydrogen (secondary N) is 2. The summed E-state index contributed by atoms with van der Waals surface area (Å²) in [5, 5.41) is 7.83. The van der Waals surface area contributed by atoms with E-state index in [9.17, 15) is 14.4 Å². The molecule has 1 aliphatic carbocycles. The van der Waals surface area contributed by atoms with Gasteiger partial charge in [0.1, 0.15) is 12.1 Å². The van der Waals surface area contributed by atoms with Crippen molar-refractivity contribution in [2.45, 2.75) is 64.5 Å². The Morgan fingerprint density at radius 1 is 1.35 bits per heavy atom. The van der Waals surface area contributed by atoms with Gasteiger partial charge in [-0.05, 0) is 62.6 Å². The monoisotopic (exact) mass is 448 g/mol. The van der Waals surface area contributed by atoms with E-state index >= 15 is 0 Å². The second-order valence-electron chi connectivity index (χ2n) is 9.82. The Balaban J connectivity index is 1.57. The maximum absolute atomic E-state index is 13.1. The molecule has 1 aromatic heterocycles. The van der Waals surface area contributed by atoms with Crippen molar-refractivity contribution in [1.82, 2.24) is 20.4 Å². The summed E-state index contributed by atoms with van der Waals surface area (Å²) in [7, 11) is 3.93. The van der Waals surface area contributed by atoms with E-state index in [0.29, 0.717) is 25.3 Å². The van der Waals surface area contributed by atoms with Crippen molar-refractivity contribution in [3.63, 3.8) is 0 Å². The number of rotatable bonds is 8. The van der Waals surface area contributed by atoms with Crippen molar-refractivity contribution in [2.75, 3.05) is 27.2 Å². The quantitative estimate of drug-likeness (QED) is 0.598. The van der Waals surface area contributed by atoms with E-state index in [1.54, 1.807) is 11.3 Å². The molecule has 1 spiro atoms. The second kappa shape index (κ2) is 9.28. The molecule has 0 radical (unpaired) electrons. The number of hydrogen-bond acceptors (Lipinski definition) is 5. The highest BCUT2D eigenvalue weighted by Gasteiger charge is 2.53. The third-order valence-electron chi connectivity index (χ3n) is 7.39. The van der Waals surface area contributed by atoms with Gasteiger partial charge in [-0.1, -0.05) is 33.3 Å². The Labute approximate surface area is 189 Å². The zero-order valence-electron chi connectivity index (χ0n) is 19.4. The third kappa shape index (κ3) is 4.95. The van der Waals surface area contributed by atoms with Crippen LogP contribution in [0.3, 0.4) is 0 Å². The number of carbonyl (C=O) groups is 3. The van der Waals surface area contributed by atoms with Crippen molar-refractivity contribution in [1.29, 1.82) is 0 Å². The molecular weight excluding hydrogens is 412 g/mol. The molecule has 172 valence electrons. The van der Waals surface area contributed by atoms with Crippen LogP contribution in [0.5, 0.6) is 0 Å². The molecule has 1 saturated carbocycles. The van der Waals surface area contributed by atoms with Gasteiger partial charge >= 0.3 is 6.03 Å². The third-order valence-corrected chi connectivity index (χ3v) is 8.36. The van der Waals surface area contributed by atoms with Gasteiger partial charge in [0, 0.05) is 11.4 Å². The van der Waals surface area contributed by atoms with E-state index in [2.05, 4.69) is 31.4 Å². The molecule has 2 N–H and O–H groups in total. The number of urea groups is 1. The zero-order valence-corrected chi connectivity index (χ0v) is 20.2. The Kier molecular flexibility index (Phi) is 7.11. The molecule has 1 aliphatic heterocycles. The van der Waals surface area contributed by atoms with Crippen molar-refractivity contribution >= 4 is 29.2 Å². The van der Waals surface area contributed by atoms with Gasteiger partial charge in [0.05, 0.1) is 6.04 Å². The Bertz CT molecular complexity index is 798. The molecule has 1 saturated heterocycles. The highest BCUT2D eigenvalue weighted by atomic mass is 32.1. The van der Waals surface area contributed by atoms with E-state index in [0.717, 1.165) is 29.0 Å². The van der Waals surface area contributed by atoms with Crippen LogP contribution < -0.4 is 10.6 Å². The van der Waals surface area contributed by atoms with Crippen molar-refractivity contribution < 1.29 is 14.4 Å². The van der Waals surface area contributed by atoms with Gasteiger partial charge in [-0.2, -0.15) is 0 Å². The highest BCUT2D eigenvalue weighted by Crippen LogP contribution is 2.45. The first-order valence-electron chi connectivity index (χ1n) is 11.2. The van der Waals surface area contributed by atoms with Crippen LogP contribution in [0.15, 0.2) is 17.5 Å². The van der Waals surface area contributed by atoms with Crippen LogP contribution in [0.4, 0.5) is 4.79 Å². The minimum atomic E-state index is -0.833. The molecule has 0 bridgehead atoms. The van der Waals surface area contributed by atoms with Gasteiger partial charge in [0.25, 0.3) is 5.91 Å². The number of thiophene rings is 1. The summed E-state index contributed by atoms with van der Waals surface area (Å²) in [4.78, 5) is 42.6. The Morgan fingerprint density at radius 2 is 2.03 bits per heavy atom. The second-order valence-corrected chi connectivity index (χ2v) is 10.8. The van der Waals surface area contributed by atoms with Crippen LogP contribution in [-0.4, -0.2) is 60.4 Å². The Hall–Kier alpha value is -1.93. The fourth-order valence-electron chi connectivity index (χ4n) is 4.77. The molecule has 2 heterocycles. The zero-order chi connectivity index (χ0) is 22.8. The number of imide groups is 1. The molecule has 0 aromatic carbocycles. The first-order chi connectivity index (χ1) is 14.6. The van der Waals surface area contributed by atoms with E-state index in [4.69, 9.17) is 0 Å². The molecule has 1 aromatic rings. The molecule has 8 heteroatoms. The largest absolute Gasteiger partial charge is 0.353 e. The summed E-state index contributed by atoms with van der Waals surface area (Å²) in [5.41, 5.74) is -0.598. The summed E-state index contributed by atoms with van der Waals surface area (Å²) in [6.45, 7) is 6.94. The normalized spacial score (nSPS) is 25.2. The van der Waals surface area contributed by atoms with Gasteiger partial charge in [0.2, 0.25) is 5.91 Å². The van der Waals surface area contributed by atoms with Crippen LogP contribution in [0.2, 0.25) is 0 Å². The first-order valence-corrected chi connectivity index (χ1v) is 12.1. The molecule has 4 amide bonds. The predicted molar refractivity (Wildman–Crippen MR) is 123 cm³/mol. The van der Waals surface area contributed by atoms with Crippen molar-refractivity contribution in [3.05, 3.63) is 22.4 Å². The summed E-state index contributed by atoms with van der Waals surface area (Å²) in [6.07, 6.45) is 4.21. The minimum absolute atomic E-state index is 0.0515. The highest BCUT2D eigenvalue weighted by molar-refractivity contribution is 7.10. The summed E-state index contributed by atoms with van der Waals surface area (Å²) in [6, 6.07) is 3.63. The maximum Gasteiger partial charge on any atom is 0.325 e. The van der Waals surface area contributed by atoms with E-state index in [-0.39, 0.29) is 29.8 Å². The lowest BCUT2D eigenvalue weighted by molar-refractivity contribution is -0.136. The summed E-state index contributed by atoms with van der Waals surface area (Å²) >= 11 is 1.64. The number of amides is 4. The van der Waals surface area contributed by atoms with Gasteiger partial charge in [-0.15, -0.1) is 11.3 Å². The number of nitrogens with zero attached hydrogens (tertiary/aromatic N) is 2. The molecule has 2 fully saturated rings. The van der Waals surface area contributed by atoms with E-state index < -0.39 is 11.6 Å². The summed E-state index contributed by atoms with van der Waals surface area (Å²) in [5.74, 6) is -0.0158. The van der Waals surface area contributed by atoms with Gasteiger partial charge in [0.15, 0.2) is 0 Å². The lowest BCUT2D eigenvalue weighted by Crippen LogP contribution is -2.51. The molecule has 31 heavy (non-hydrogen) atoms. The molecule has 1 unspecified atom stereocenters. The molecular formula is C23H36N4O3S. The molecule has 7 nitrogen and oxygen atoms in total. The Morgan fingerprint density at radius 3 is 2.58 bits per heavy atom. The van der Waals surface area contributed by atoms with Gasteiger partial charge in [-0.25, -0.2) is 4.79 Å². The summed E-state index contributed by atoms with van der Waals surface area (Å²) < 4.78 is 0. The van der Waals surface area contributed by atoms with Crippen LogP contribution in [0, 0.1) is 11.3 Å². The number of carbonyl (C=O) groups excluding carboxylic acids is 3. The van der Waals surface area contributed by atoms with Gasteiger partial charge in [-0.3, -0.25) is 14.5 Å². The molecule has 3 rings (SSSR count). The van der Waals surface area contributed by atoms with E-state index in [1.807, 2.05) is 36.5 Å². The topological polar surface area (TPSA) is 81.8 Å². The van der Waals surface area contributed by atoms with Crippen molar-refractivity contribution in [2.24, 2.45) is 11.3 Å². The van der Waals surface area contributed by atoms with Crippen LogP contribution in [0.25, 0.3) is 0 Å². The smallest absolute Gasteiger partial charge is 0.325 e. The first kappa shape index (κ1) is 23.7. The van der Waals surface area contributed by atoms with Crippen LogP contribution >= 0.6 is 11.3 Å². The molecule has 1 atom stereocenters. The minimum Gasteiger partial charge on any atom is -0.353 e. The number of hydrogen-bond donors (Lipinski definition) is 2. The fraction of sp³-hybridized carbons (Fsp3) is 0.696. The predicted octanol–water partition coefficient (Wildman–Crippen LogP) is 3.38. The average Bonchev–Trinajstić information content (AvgIpc) is 3.32. The molecule has 2 aliphatic rings.